The quantitative estimate of drug-likeness (QED) is 0.256. The van der Waals surface area contributed by atoms with Gasteiger partial charge in [-0.1, -0.05) is 12.7 Å². The zero-order chi connectivity index (χ0) is 10.6. The smallest absolute Gasteiger partial charge is 0.330 e. The molecule has 0 aliphatic rings. The fourth-order valence-corrected chi connectivity index (χ4v) is 0.633. The van der Waals surface area contributed by atoms with E-state index in [9.17, 15) is 4.79 Å². The van der Waals surface area contributed by atoms with Crippen LogP contribution in [-0.2, 0) is 19.0 Å². The van der Waals surface area contributed by atoms with E-state index >= 15 is 0 Å². The standard InChI is InChI=1S/C10H16O4/c1-3-5-12-6-7-13-8-9-14-10(11)4-2/h3-5H,2,6-9H2,1H3. The van der Waals surface area contributed by atoms with Crippen molar-refractivity contribution in [2.75, 3.05) is 26.4 Å². The molecule has 0 aliphatic heterocycles. The summed E-state index contributed by atoms with van der Waals surface area (Å²) in [6.45, 7) is 6.74. The molecular formula is C10H16O4. The van der Waals surface area contributed by atoms with Gasteiger partial charge in [-0.2, -0.15) is 0 Å². The minimum atomic E-state index is -0.432. The predicted octanol–water partition coefficient (Wildman–Crippen LogP) is 1.28. The minimum absolute atomic E-state index is 0.245. The lowest BCUT2D eigenvalue weighted by atomic mass is 10.6. The molecule has 0 aromatic rings. The number of allylic oxidation sites excluding steroid dienone is 1. The van der Waals surface area contributed by atoms with E-state index in [0.29, 0.717) is 19.8 Å². The minimum Gasteiger partial charge on any atom is -0.499 e. The lowest BCUT2D eigenvalue weighted by Gasteiger charge is -2.04. The third-order valence-corrected chi connectivity index (χ3v) is 1.22. The molecule has 0 aliphatic carbocycles. The van der Waals surface area contributed by atoms with Crippen LogP contribution in [0.5, 0.6) is 0 Å². The highest BCUT2D eigenvalue weighted by Crippen LogP contribution is 1.83. The van der Waals surface area contributed by atoms with Crippen molar-refractivity contribution in [1.29, 1.82) is 0 Å². The average molecular weight is 200 g/mol. The maximum Gasteiger partial charge on any atom is 0.330 e. The molecule has 0 saturated heterocycles. The van der Waals surface area contributed by atoms with Gasteiger partial charge in [-0.25, -0.2) is 4.79 Å². The molecule has 80 valence electrons. The number of carbonyl (C=O) groups excluding carboxylic acids is 1. The van der Waals surface area contributed by atoms with E-state index in [4.69, 9.17) is 9.47 Å². The summed E-state index contributed by atoms with van der Waals surface area (Å²) in [5.74, 6) is -0.432. The van der Waals surface area contributed by atoms with Crippen LogP contribution in [0.15, 0.2) is 25.0 Å². The summed E-state index contributed by atoms with van der Waals surface area (Å²) >= 11 is 0. The Bertz CT molecular complexity index is 187. The van der Waals surface area contributed by atoms with Crippen molar-refractivity contribution in [3.8, 4) is 0 Å². The molecule has 0 rings (SSSR count). The Kier molecular flexibility index (Phi) is 8.89. The SMILES string of the molecule is C=CC(=O)OCCOCCOC=CC. The second-order valence-corrected chi connectivity index (χ2v) is 2.32. The van der Waals surface area contributed by atoms with Crippen LogP contribution in [-0.4, -0.2) is 32.4 Å². The van der Waals surface area contributed by atoms with Gasteiger partial charge in [0.05, 0.1) is 19.5 Å². The van der Waals surface area contributed by atoms with Crippen molar-refractivity contribution in [2.45, 2.75) is 6.92 Å². The summed E-state index contributed by atoms with van der Waals surface area (Å²) < 4.78 is 14.8. The van der Waals surface area contributed by atoms with Gasteiger partial charge in [0.15, 0.2) is 0 Å². The van der Waals surface area contributed by atoms with Crippen molar-refractivity contribution in [1.82, 2.24) is 0 Å². The number of hydrogen-bond acceptors (Lipinski definition) is 4. The largest absolute Gasteiger partial charge is 0.499 e. The Morgan fingerprint density at radius 1 is 1.29 bits per heavy atom. The van der Waals surface area contributed by atoms with Gasteiger partial charge in [-0.15, -0.1) is 0 Å². The predicted molar refractivity (Wildman–Crippen MR) is 52.7 cm³/mol. The molecule has 0 saturated carbocycles. The summed E-state index contributed by atoms with van der Waals surface area (Å²) in [6.07, 6.45) is 4.52. The molecule has 4 nitrogen and oxygen atoms in total. The van der Waals surface area contributed by atoms with Crippen molar-refractivity contribution in [3.63, 3.8) is 0 Å². The highest BCUT2D eigenvalue weighted by Gasteiger charge is 1.94. The van der Waals surface area contributed by atoms with Gasteiger partial charge in [-0.05, 0) is 6.92 Å². The average Bonchev–Trinajstić information content (AvgIpc) is 2.21. The Hall–Kier alpha value is -1.29. The van der Waals surface area contributed by atoms with Gasteiger partial charge in [0, 0.05) is 6.08 Å². The van der Waals surface area contributed by atoms with Crippen LogP contribution < -0.4 is 0 Å². The first-order chi connectivity index (χ1) is 6.81. The van der Waals surface area contributed by atoms with Crippen LogP contribution in [0.4, 0.5) is 0 Å². The molecule has 0 bridgehead atoms. The molecule has 0 aromatic heterocycles. The monoisotopic (exact) mass is 200 g/mol. The summed E-state index contributed by atoms with van der Waals surface area (Å²) in [5.41, 5.74) is 0. The Balaban J connectivity index is 3.06. The molecule has 0 N–H and O–H groups in total. The highest BCUT2D eigenvalue weighted by molar-refractivity contribution is 5.81. The number of rotatable bonds is 8. The molecule has 0 radical (unpaired) electrons. The first-order valence-electron chi connectivity index (χ1n) is 4.41. The van der Waals surface area contributed by atoms with Crippen molar-refractivity contribution in [2.24, 2.45) is 0 Å². The number of carbonyl (C=O) groups is 1. The topological polar surface area (TPSA) is 44.8 Å². The van der Waals surface area contributed by atoms with Crippen molar-refractivity contribution >= 4 is 5.97 Å². The van der Waals surface area contributed by atoms with Gasteiger partial charge < -0.3 is 14.2 Å². The first-order valence-corrected chi connectivity index (χ1v) is 4.41. The van der Waals surface area contributed by atoms with Crippen LogP contribution in [0.1, 0.15) is 6.92 Å². The molecule has 0 atom stereocenters. The zero-order valence-electron chi connectivity index (χ0n) is 8.40. The maximum atomic E-state index is 10.6. The first kappa shape index (κ1) is 12.7. The molecule has 14 heavy (non-hydrogen) atoms. The van der Waals surface area contributed by atoms with E-state index in [1.165, 1.54) is 0 Å². The van der Waals surface area contributed by atoms with Gasteiger partial charge in [-0.3, -0.25) is 0 Å². The van der Waals surface area contributed by atoms with E-state index in [2.05, 4.69) is 11.3 Å². The second kappa shape index (κ2) is 9.80. The van der Waals surface area contributed by atoms with Crippen LogP contribution in [0.25, 0.3) is 0 Å². The molecule has 0 heterocycles. The molecule has 4 heteroatoms. The van der Waals surface area contributed by atoms with Gasteiger partial charge in [0.2, 0.25) is 0 Å². The van der Waals surface area contributed by atoms with E-state index < -0.39 is 5.97 Å². The third-order valence-electron chi connectivity index (χ3n) is 1.22. The summed E-state index contributed by atoms with van der Waals surface area (Å²) in [4.78, 5) is 10.6. The normalized spacial score (nSPS) is 10.1. The molecule has 0 spiro atoms. The number of hydrogen-bond donors (Lipinski definition) is 0. The summed E-state index contributed by atoms with van der Waals surface area (Å²) in [7, 11) is 0. The lowest BCUT2D eigenvalue weighted by Crippen LogP contribution is -2.10. The molecule has 0 unspecified atom stereocenters. The van der Waals surface area contributed by atoms with Gasteiger partial charge in [0.1, 0.15) is 13.2 Å². The van der Waals surface area contributed by atoms with Crippen LogP contribution >= 0.6 is 0 Å². The van der Waals surface area contributed by atoms with E-state index in [1.54, 1.807) is 12.3 Å². The molecule has 0 fully saturated rings. The fourth-order valence-electron chi connectivity index (χ4n) is 0.633. The maximum absolute atomic E-state index is 10.6. The summed E-state index contributed by atoms with van der Waals surface area (Å²) in [6, 6.07) is 0. The molecular weight excluding hydrogens is 184 g/mol. The Labute approximate surface area is 84.1 Å². The second-order valence-electron chi connectivity index (χ2n) is 2.32. The lowest BCUT2D eigenvalue weighted by molar-refractivity contribution is -0.139. The van der Waals surface area contributed by atoms with E-state index in [0.717, 1.165) is 6.08 Å². The third kappa shape index (κ3) is 8.80. The highest BCUT2D eigenvalue weighted by atomic mass is 16.6. The van der Waals surface area contributed by atoms with Crippen LogP contribution in [0.3, 0.4) is 0 Å². The Morgan fingerprint density at radius 2 is 2.00 bits per heavy atom. The van der Waals surface area contributed by atoms with E-state index in [1.807, 2.05) is 6.92 Å². The van der Waals surface area contributed by atoms with Crippen LogP contribution in [0.2, 0.25) is 0 Å². The molecule has 0 amide bonds. The van der Waals surface area contributed by atoms with Gasteiger partial charge >= 0.3 is 5.97 Å². The van der Waals surface area contributed by atoms with Gasteiger partial charge in [0.25, 0.3) is 0 Å². The van der Waals surface area contributed by atoms with Crippen molar-refractivity contribution in [3.05, 3.63) is 25.0 Å². The zero-order valence-corrected chi connectivity index (χ0v) is 8.40. The van der Waals surface area contributed by atoms with E-state index in [-0.39, 0.29) is 6.61 Å². The molecule has 0 aromatic carbocycles. The van der Waals surface area contributed by atoms with Crippen molar-refractivity contribution < 1.29 is 19.0 Å². The summed E-state index contributed by atoms with van der Waals surface area (Å²) in [5, 5.41) is 0. The number of ether oxygens (including phenoxy) is 3. The van der Waals surface area contributed by atoms with Crippen LogP contribution in [0, 0.1) is 0 Å². The fraction of sp³-hybridized carbons (Fsp3) is 0.500. The number of esters is 1. The Morgan fingerprint density at radius 3 is 2.64 bits per heavy atom.